The molecule has 1 aromatic heterocycles. The highest BCUT2D eigenvalue weighted by Crippen LogP contribution is 2.20. The molecular weight excluding hydrogens is 200 g/mol. The second-order valence-corrected chi connectivity index (χ2v) is 4.38. The molecule has 88 valence electrons. The first kappa shape index (κ1) is 11.3. The molecule has 0 aromatic carbocycles. The van der Waals surface area contributed by atoms with Gasteiger partial charge in [0.15, 0.2) is 5.82 Å². The fourth-order valence-corrected chi connectivity index (χ4v) is 2.20. The molecule has 4 heteroatoms. The van der Waals surface area contributed by atoms with E-state index in [1.54, 1.807) is 0 Å². The van der Waals surface area contributed by atoms with Gasteiger partial charge in [-0.25, -0.2) is 4.98 Å². The van der Waals surface area contributed by atoms with Crippen LogP contribution in [0, 0.1) is 13.8 Å². The second kappa shape index (κ2) is 4.78. The van der Waals surface area contributed by atoms with Crippen molar-refractivity contribution in [3.63, 3.8) is 0 Å². The number of rotatable bonds is 2. The third-order valence-electron chi connectivity index (χ3n) is 3.14. The van der Waals surface area contributed by atoms with E-state index >= 15 is 0 Å². The fourth-order valence-electron chi connectivity index (χ4n) is 2.20. The van der Waals surface area contributed by atoms with Crippen molar-refractivity contribution in [1.82, 2.24) is 15.3 Å². The summed E-state index contributed by atoms with van der Waals surface area (Å²) in [5.74, 6) is 1.06. The maximum absolute atomic E-state index is 4.63. The summed E-state index contributed by atoms with van der Waals surface area (Å²) in [6.07, 6.45) is 2.98. The lowest BCUT2D eigenvalue weighted by Crippen LogP contribution is -2.51. The summed E-state index contributed by atoms with van der Waals surface area (Å²) in [7, 11) is 0. The van der Waals surface area contributed by atoms with Crippen molar-refractivity contribution in [2.24, 2.45) is 0 Å². The molecule has 0 aliphatic carbocycles. The molecule has 1 atom stereocenters. The molecule has 1 aliphatic rings. The largest absolute Gasteiger partial charge is 0.350 e. The van der Waals surface area contributed by atoms with Gasteiger partial charge in [-0.05, 0) is 20.3 Å². The quantitative estimate of drug-likeness (QED) is 0.815. The van der Waals surface area contributed by atoms with Crippen molar-refractivity contribution in [3.8, 4) is 0 Å². The van der Waals surface area contributed by atoms with Crippen LogP contribution >= 0.6 is 0 Å². The molecule has 1 unspecified atom stereocenters. The van der Waals surface area contributed by atoms with E-state index in [4.69, 9.17) is 0 Å². The predicted molar refractivity (Wildman–Crippen MR) is 65.8 cm³/mol. The lowest BCUT2D eigenvalue weighted by Gasteiger charge is -2.37. The van der Waals surface area contributed by atoms with Gasteiger partial charge in [-0.1, -0.05) is 6.92 Å². The number of aromatic nitrogens is 2. The number of hydrogen-bond donors (Lipinski definition) is 1. The smallest absolute Gasteiger partial charge is 0.150 e. The zero-order valence-electron chi connectivity index (χ0n) is 10.3. The van der Waals surface area contributed by atoms with Crippen LogP contribution in [0.15, 0.2) is 6.20 Å². The molecule has 0 amide bonds. The number of aryl methyl sites for hydroxylation is 2. The van der Waals surface area contributed by atoms with Gasteiger partial charge in [0, 0.05) is 31.9 Å². The Hall–Kier alpha value is -1.16. The Labute approximate surface area is 97.1 Å². The molecule has 2 rings (SSSR count). The van der Waals surface area contributed by atoms with Gasteiger partial charge in [-0.3, -0.25) is 4.98 Å². The van der Waals surface area contributed by atoms with E-state index in [9.17, 15) is 0 Å². The SMILES string of the molecule is CCC1CNCCN1c1nc(C)cnc1C. The van der Waals surface area contributed by atoms with Gasteiger partial charge in [0.2, 0.25) is 0 Å². The topological polar surface area (TPSA) is 41.0 Å². The minimum absolute atomic E-state index is 0.545. The van der Waals surface area contributed by atoms with Gasteiger partial charge in [-0.15, -0.1) is 0 Å². The van der Waals surface area contributed by atoms with E-state index in [-0.39, 0.29) is 0 Å². The van der Waals surface area contributed by atoms with Crippen molar-refractivity contribution in [2.45, 2.75) is 33.2 Å². The van der Waals surface area contributed by atoms with Crippen LogP contribution in [0.4, 0.5) is 5.82 Å². The number of nitrogens with zero attached hydrogens (tertiary/aromatic N) is 3. The van der Waals surface area contributed by atoms with E-state index in [0.717, 1.165) is 43.3 Å². The molecule has 1 saturated heterocycles. The van der Waals surface area contributed by atoms with Crippen molar-refractivity contribution < 1.29 is 0 Å². The van der Waals surface area contributed by atoms with E-state index in [2.05, 4.69) is 27.1 Å². The van der Waals surface area contributed by atoms with Gasteiger partial charge in [0.05, 0.1) is 11.4 Å². The Kier molecular flexibility index (Phi) is 3.39. The molecule has 0 spiro atoms. The van der Waals surface area contributed by atoms with Crippen LogP contribution < -0.4 is 10.2 Å². The minimum Gasteiger partial charge on any atom is -0.350 e. The average molecular weight is 220 g/mol. The molecule has 2 heterocycles. The van der Waals surface area contributed by atoms with Crippen LogP contribution in [0.25, 0.3) is 0 Å². The van der Waals surface area contributed by atoms with Gasteiger partial charge in [0.1, 0.15) is 0 Å². The highest BCUT2D eigenvalue weighted by Gasteiger charge is 2.23. The maximum atomic E-state index is 4.63. The molecule has 0 radical (unpaired) electrons. The average Bonchev–Trinajstić information content (AvgIpc) is 2.32. The summed E-state index contributed by atoms with van der Waals surface area (Å²) < 4.78 is 0. The maximum Gasteiger partial charge on any atom is 0.150 e. The number of anilines is 1. The van der Waals surface area contributed by atoms with Crippen LogP contribution in [0.2, 0.25) is 0 Å². The number of hydrogen-bond acceptors (Lipinski definition) is 4. The highest BCUT2D eigenvalue weighted by molar-refractivity contribution is 5.45. The van der Waals surface area contributed by atoms with Crippen LogP contribution in [0.3, 0.4) is 0 Å². The van der Waals surface area contributed by atoms with Crippen LogP contribution in [-0.4, -0.2) is 35.6 Å². The molecule has 0 saturated carbocycles. The Bertz CT molecular complexity index is 364. The van der Waals surface area contributed by atoms with E-state index in [0.29, 0.717) is 6.04 Å². The fraction of sp³-hybridized carbons (Fsp3) is 0.667. The third kappa shape index (κ3) is 2.16. The molecule has 1 aromatic rings. The first-order valence-electron chi connectivity index (χ1n) is 6.00. The summed E-state index contributed by atoms with van der Waals surface area (Å²) in [6, 6.07) is 0.545. The summed E-state index contributed by atoms with van der Waals surface area (Å²) in [5, 5.41) is 3.43. The predicted octanol–water partition coefficient (Wildman–Crippen LogP) is 1.28. The van der Waals surface area contributed by atoms with Crippen LogP contribution in [0.5, 0.6) is 0 Å². The highest BCUT2D eigenvalue weighted by atomic mass is 15.3. The number of nitrogens with one attached hydrogen (secondary N) is 1. The summed E-state index contributed by atoms with van der Waals surface area (Å²) in [6.45, 7) is 9.37. The standard InChI is InChI=1S/C12H20N4/c1-4-11-8-13-5-6-16(11)12-10(3)14-7-9(2)15-12/h7,11,13H,4-6,8H2,1-3H3. The molecule has 4 nitrogen and oxygen atoms in total. The monoisotopic (exact) mass is 220 g/mol. The van der Waals surface area contributed by atoms with Crippen LogP contribution in [-0.2, 0) is 0 Å². The normalized spacial score (nSPS) is 21.2. The Morgan fingerprint density at radius 3 is 3.06 bits per heavy atom. The third-order valence-corrected chi connectivity index (χ3v) is 3.14. The van der Waals surface area contributed by atoms with Crippen molar-refractivity contribution in [1.29, 1.82) is 0 Å². The summed E-state index contributed by atoms with van der Waals surface area (Å²) in [4.78, 5) is 11.4. The Balaban J connectivity index is 2.30. The summed E-state index contributed by atoms with van der Waals surface area (Å²) in [5.41, 5.74) is 2.03. The van der Waals surface area contributed by atoms with Gasteiger partial charge < -0.3 is 10.2 Å². The van der Waals surface area contributed by atoms with Crippen molar-refractivity contribution in [2.75, 3.05) is 24.5 Å². The second-order valence-electron chi connectivity index (χ2n) is 4.38. The van der Waals surface area contributed by atoms with E-state index in [1.165, 1.54) is 0 Å². The van der Waals surface area contributed by atoms with Gasteiger partial charge >= 0.3 is 0 Å². The van der Waals surface area contributed by atoms with Crippen molar-refractivity contribution >= 4 is 5.82 Å². The molecule has 1 N–H and O–H groups in total. The molecule has 16 heavy (non-hydrogen) atoms. The lowest BCUT2D eigenvalue weighted by atomic mass is 10.1. The van der Waals surface area contributed by atoms with E-state index < -0.39 is 0 Å². The molecule has 1 aliphatic heterocycles. The zero-order chi connectivity index (χ0) is 11.5. The first-order chi connectivity index (χ1) is 7.72. The lowest BCUT2D eigenvalue weighted by molar-refractivity contribution is 0.461. The van der Waals surface area contributed by atoms with E-state index in [1.807, 2.05) is 20.0 Å². The molecule has 1 fully saturated rings. The van der Waals surface area contributed by atoms with Crippen LogP contribution in [0.1, 0.15) is 24.7 Å². The molecule has 0 bridgehead atoms. The number of piperazine rings is 1. The first-order valence-corrected chi connectivity index (χ1v) is 6.00. The van der Waals surface area contributed by atoms with Gasteiger partial charge in [0.25, 0.3) is 0 Å². The minimum atomic E-state index is 0.545. The molecular formula is C12H20N4. The zero-order valence-corrected chi connectivity index (χ0v) is 10.3. The Morgan fingerprint density at radius 1 is 1.50 bits per heavy atom. The Morgan fingerprint density at radius 2 is 2.31 bits per heavy atom. The van der Waals surface area contributed by atoms with Gasteiger partial charge in [-0.2, -0.15) is 0 Å². The summed E-state index contributed by atoms with van der Waals surface area (Å²) >= 11 is 0. The van der Waals surface area contributed by atoms with Crippen molar-refractivity contribution in [3.05, 3.63) is 17.6 Å².